The van der Waals surface area contributed by atoms with Crippen LogP contribution in [0.15, 0.2) is 60.8 Å². The van der Waals surface area contributed by atoms with Gasteiger partial charge in [-0.2, -0.15) is 0 Å². The number of rotatable bonds is 7. The number of para-hydroxylation sites is 1. The molecule has 5 heteroatoms. The van der Waals surface area contributed by atoms with E-state index in [1.54, 1.807) is 0 Å². The molecule has 0 spiro atoms. The summed E-state index contributed by atoms with van der Waals surface area (Å²) in [7, 11) is 0. The Kier molecular flexibility index (Phi) is 6.47. The van der Waals surface area contributed by atoms with Crippen LogP contribution in [-0.4, -0.2) is 41.3 Å². The lowest BCUT2D eigenvalue weighted by molar-refractivity contribution is -0.135. The number of fused-ring (bicyclic) bond motifs is 1. The molecule has 0 bridgehead atoms. The predicted octanol–water partition coefficient (Wildman–Crippen LogP) is 3.70. The highest BCUT2D eigenvalue weighted by atomic mass is 16.2. The molecule has 2 N–H and O–H groups in total. The van der Waals surface area contributed by atoms with Gasteiger partial charge in [0.25, 0.3) is 0 Å². The number of piperidine rings is 1. The first-order valence-electron chi connectivity index (χ1n) is 10.8. The second kappa shape index (κ2) is 9.61. The van der Waals surface area contributed by atoms with Crippen molar-refractivity contribution in [3.05, 3.63) is 71.9 Å². The van der Waals surface area contributed by atoms with Gasteiger partial charge in [0.2, 0.25) is 11.8 Å². The van der Waals surface area contributed by atoms with Gasteiger partial charge in [-0.15, -0.1) is 0 Å². The molecule has 0 unspecified atom stereocenters. The summed E-state index contributed by atoms with van der Waals surface area (Å²) < 4.78 is 0. The fraction of sp³-hybridized carbons (Fsp3) is 0.360. The quantitative estimate of drug-likeness (QED) is 0.591. The second-order valence-electron chi connectivity index (χ2n) is 8.10. The third-order valence-electron chi connectivity index (χ3n) is 5.95. The number of nitrogens with one attached hydrogen (secondary N) is 2. The predicted molar refractivity (Wildman–Crippen MR) is 119 cm³/mol. The minimum Gasteiger partial charge on any atom is -0.361 e. The first kappa shape index (κ1) is 20.2. The molecule has 1 aromatic heterocycles. The fourth-order valence-electron chi connectivity index (χ4n) is 4.26. The first-order chi connectivity index (χ1) is 14.7. The SMILES string of the molecule is O=C(NCCCc1ccccc1)[C@@H]1CCCN(C(=O)Cc2c[nH]c3ccccc23)C1. The molecular formula is C25H29N3O2. The number of aromatic nitrogens is 1. The number of benzene rings is 2. The molecule has 2 heterocycles. The molecule has 1 aliphatic heterocycles. The van der Waals surface area contributed by atoms with Gasteiger partial charge in [-0.1, -0.05) is 48.5 Å². The van der Waals surface area contributed by atoms with Gasteiger partial charge in [0.05, 0.1) is 12.3 Å². The Morgan fingerprint density at radius 1 is 1.07 bits per heavy atom. The molecule has 4 rings (SSSR count). The zero-order chi connectivity index (χ0) is 20.8. The third kappa shape index (κ3) is 4.90. The fourth-order valence-corrected chi connectivity index (χ4v) is 4.26. The van der Waals surface area contributed by atoms with E-state index in [1.165, 1.54) is 5.56 Å². The summed E-state index contributed by atoms with van der Waals surface area (Å²) >= 11 is 0. The van der Waals surface area contributed by atoms with Crippen LogP contribution in [0.2, 0.25) is 0 Å². The summed E-state index contributed by atoms with van der Waals surface area (Å²) in [5.74, 6) is 0.0661. The molecule has 0 aliphatic carbocycles. The number of aromatic amines is 1. The van der Waals surface area contributed by atoms with E-state index in [-0.39, 0.29) is 17.7 Å². The lowest BCUT2D eigenvalue weighted by Gasteiger charge is -2.32. The van der Waals surface area contributed by atoms with Crippen molar-refractivity contribution in [3.8, 4) is 0 Å². The molecule has 156 valence electrons. The topological polar surface area (TPSA) is 65.2 Å². The Morgan fingerprint density at radius 3 is 2.73 bits per heavy atom. The molecule has 30 heavy (non-hydrogen) atoms. The van der Waals surface area contributed by atoms with E-state index in [0.717, 1.165) is 48.7 Å². The van der Waals surface area contributed by atoms with Gasteiger partial charge in [-0.3, -0.25) is 9.59 Å². The smallest absolute Gasteiger partial charge is 0.227 e. The molecular weight excluding hydrogens is 374 g/mol. The molecule has 1 aliphatic rings. The van der Waals surface area contributed by atoms with Crippen LogP contribution in [0.3, 0.4) is 0 Å². The van der Waals surface area contributed by atoms with Crippen molar-refractivity contribution >= 4 is 22.7 Å². The number of hydrogen-bond acceptors (Lipinski definition) is 2. The van der Waals surface area contributed by atoms with Crippen LogP contribution in [0.5, 0.6) is 0 Å². The summed E-state index contributed by atoms with van der Waals surface area (Å²) in [4.78, 5) is 30.6. The van der Waals surface area contributed by atoms with E-state index < -0.39 is 0 Å². The largest absolute Gasteiger partial charge is 0.361 e. The summed E-state index contributed by atoms with van der Waals surface area (Å²) in [5, 5.41) is 4.16. The van der Waals surface area contributed by atoms with Gasteiger partial charge in [-0.25, -0.2) is 0 Å². The van der Waals surface area contributed by atoms with Crippen LogP contribution in [0.4, 0.5) is 0 Å². The third-order valence-corrected chi connectivity index (χ3v) is 5.95. The Labute approximate surface area is 177 Å². The summed E-state index contributed by atoms with van der Waals surface area (Å²) in [5.41, 5.74) is 3.35. The van der Waals surface area contributed by atoms with E-state index in [1.807, 2.05) is 53.6 Å². The molecule has 5 nitrogen and oxygen atoms in total. The zero-order valence-electron chi connectivity index (χ0n) is 17.3. The molecule has 1 atom stereocenters. The number of carbonyl (C=O) groups excluding carboxylic acids is 2. The number of H-pyrrole nitrogens is 1. The Balaban J connectivity index is 1.26. The Hall–Kier alpha value is -3.08. The van der Waals surface area contributed by atoms with Crippen LogP contribution in [0.25, 0.3) is 10.9 Å². The average molecular weight is 404 g/mol. The second-order valence-corrected chi connectivity index (χ2v) is 8.10. The van der Waals surface area contributed by atoms with Gasteiger partial charge in [-0.05, 0) is 42.9 Å². The van der Waals surface area contributed by atoms with Crippen molar-refractivity contribution in [2.75, 3.05) is 19.6 Å². The maximum absolute atomic E-state index is 12.9. The molecule has 3 aromatic rings. The highest BCUT2D eigenvalue weighted by Gasteiger charge is 2.28. The molecule has 1 fully saturated rings. The van der Waals surface area contributed by atoms with Crippen LogP contribution in [0, 0.1) is 5.92 Å². The monoisotopic (exact) mass is 403 g/mol. The molecule has 2 amide bonds. The minimum atomic E-state index is -0.109. The van der Waals surface area contributed by atoms with E-state index in [9.17, 15) is 9.59 Å². The van der Waals surface area contributed by atoms with Crippen molar-refractivity contribution in [1.82, 2.24) is 15.2 Å². The van der Waals surface area contributed by atoms with E-state index in [2.05, 4.69) is 22.4 Å². The zero-order valence-corrected chi connectivity index (χ0v) is 17.3. The lowest BCUT2D eigenvalue weighted by atomic mass is 9.96. The van der Waals surface area contributed by atoms with Crippen molar-refractivity contribution in [1.29, 1.82) is 0 Å². The van der Waals surface area contributed by atoms with Gasteiger partial charge in [0.15, 0.2) is 0 Å². The average Bonchev–Trinajstić information content (AvgIpc) is 3.20. The number of hydrogen-bond donors (Lipinski definition) is 2. The summed E-state index contributed by atoms with van der Waals surface area (Å²) in [6.07, 6.45) is 5.90. The van der Waals surface area contributed by atoms with Crippen molar-refractivity contribution in [2.45, 2.75) is 32.1 Å². The first-order valence-corrected chi connectivity index (χ1v) is 10.8. The number of nitrogens with zero attached hydrogens (tertiary/aromatic N) is 1. The number of amides is 2. The number of likely N-dealkylation sites (tertiary alicyclic amines) is 1. The van der Waals surface area contributed by atoms with E-state index >= 15 is 0 Å². The van der Waals surface area contributed by atoms with Crippen molar-refractivity contribution in [3.63, 3.8) is 0 Å². The van der Waals surface area contributed by atoms with Crippen molar-refractivity contribution < 1.29 is 9.59 Å². The van der Waals surface area contributed by atoms with E-state index in [4.69, 9.17) is 0 Å². The standard InChI is InChI=1S/C25H29N3O2/c29-24(16-21-17-27-23-13-5-4-12-22(21)23)28-15-7-11-20(18-28)25(30)26-14-6-10-19-8-2-1-3-9-19/h1-5,8-9,12-13,17,20,27H,6-7,10-11,14-16,18H2,(H,26,30)/t20-/m1/s1. The summed E-state index contributed by atoms with van der Waals surface area (Å²) in [6, 6.07) is 18.3. The Morgan fingerprint density at radius 2 is 1.87 bits per heavy atom. The Bertz CT molecular complexity index is 996. The van der Waals surface area contributed by atoms with Crippen LogP contribution >= 0.6 is 0 Å². The number of carbonyl (C=O) groups is 2. The molecule has 1 saturated heterocycles. The van der Waals surface area contributed by atoms with E-state index in [0.29, 0.717) is 19.5 Å². The van der Waals surface area contributed by atoms with Crippen LogP contribution < -0.4 is 5.32 Å². The molecule has 2 aromatic carbocycles. The van der Waals surface area contributed by atoms with Gasteiger partial charge in [0, 0.05) is 36.7 Å². The van der Waals surface area contributed by atoms with Gasteiger partial charge >= 0.3 is 0 Å². The highest BCUT2D eigenvalue weighted by molar-refractivity contribution is 5.89. The van der Waals surface area contributed by atoms with Gasteiger partial charge in [0.1, 0.15) is 0 Å². The lowest BCUT2D eigenvalue weighted by Crippen LogP contribution is -2.46. The minimum absolute atomic E-state index is 0.0765. The van der Waals surface area contributed by atoms with Crippen molar-refractivity contribution in [2.24, 2.45) is 5.92 Å². The summed E-state index contributed by atoms with van der Waals surface area (Å²) in [6.45, 7) is 1.93. The molecule has 0 saturated carbocycles. The maximum Gasteiger partial charge on any atom is 0.227 e. The highest BCUT2D eigenvalue weighted by Crippen LogP contribution is 2.21. The maximum atomic E-state index is 12.9. The van der Waals surface area contributed by atoms with Gasteiger partial charge < -0.3 is 15.2 Å². The number of aryl methyl sites for hydroxylation is 1. The van der Waals surface area contributed by atoms with Crippen LogP contribution in [-0.2, 0) is 22.4 Å². The normalized spacial score (nSPS) is 16.5. The molecule has 0 radical (unpaired) electrons. The van der Waals surface area contributed by atoms with Crippen LogP contribution in [0.1, 0.15) is 30.4 Å².